The van der Waals surface area contributed by atoms with E-state index in [1.807, 2.05) is 79.0 Å². The molecule has 4 aromatic rings. The van der Waals surface area contributed by atoms with Crippen LogP contribution in [0.4, 0.5) is 11.4 Å². The Kier molecular flexibility index (Phi) is 6.64. The van der Waals surface area contributed by atoms with Gasteiger partial charge in [0.25, 0.3) is 0 Å². The number of carbonyl (C=O) groups is 2. The lowest BCUT2D eigenvalue weighted by atomic mass is 10.1. The molecule has 0 bridgehead atoms. The molecule has 0 saturated heterocycles. The lowest BCUT2D eigenvalue weighted by Crippen LogP contribution is -2.15. The van der Waals surface area contributed by atoms with Gasteiger partial charge in [-0.3, -0.25) is 9.59 Å². The molecule has 0 aliphatic heterocycles. The van der Waals surface area contributed by atoms with E-state index >= 15 is 0 Å². The number of aryl methyl sites for hydroxylation is 1. The molecule has 0 fully saturated rings. The normalized spacial score (nSPS) is 10.7. The summed E-state index contributed by atoms with van der Waals surface area (Å²) in [4.78, 5) is 29.2. The second-order valence-electron chi connectivity index (χ2n) is 7.06. The SMILES string of the molecule is Cc1cccc(NC(=O)Cc2csc(SCC(=O)Nc3cccc4ccccc34)n2)c1. The van der Waals surface area contributed by atoms with Crippen molar-refractivity contribution in [3.8, 4) is 0 Å². The average molecular weight is 448 g/mol. The molecule has 0 aliphatic carbocycles. The van der Waals surface area contributed by atoms with Gasteiger partial charge in [0.1, 0.15) is 0 Å². The summed E-state index contributed by atoms with van der Waals surface area (Å²) >= 11 is 2.81. The monoisotopic (exact) mass is 447 g/mol. The van der Waals surface area contributed by atoms with Crippen molar-refractivity contribution in [3.05, 3.63) is 83.4 Å². The summed E-state index contributed by atoms with van der Waals surface area (Å²) in [6, 6.07) is 21.5. The molecule has 0 unspecified atom stereocenters. The van der Waals surface area contributed by atoms with Crippen molar-refractivity contribution < 1.29 is 9.59 Å². The number of hydrogen-bond donors (Lipinski definition) is 2. The van der Waals surface area contributed by atoms with Crippen LogP contribution in [0.5, 0.6) is 0 Å². The zero-order valence-corrected chi connectivity index (χ0v) is 18.6. The third kappa shape index (κ3) is 5.71. The van der Waals surface area contributed by atoms with Gasteiger partial charge < -0.3 is 10.6 Å². The predicted octanol–water partition coefficient (Wildman–Crippen LogP) is 5.52. The fourth-order valence-electron chi connectivity index (χ4n) is 3.18. The molecule has 0 radical (unpaired) electrons. The highest BCUT2D eigenvalue weighted by molar-refractivity contribution is 8.01. The first-order chi connectivity index (χ1) is 15.1. The number of fused-ring (bicyclic) bond motifs is 1. The maximum Gasteiger partial charge on any atom is 0.234 e. The largest absolute Gasteiger partial charge is 0.326 e. The molecular formula is C24H21N3O2S2. The van der Waals surface area contributed by atoms with E-state index in [9.17, 15) is 9.59 Å². The number of benzene rings is 3. The van der Waals surface area contributed by atoms with E-state index < -0.39 is 0 Å². The Morgan fingerprint density at radius 1 is 0.968 bits per heavy atom. The van der Waals surface area contributed by atoms with Crippen LogP contribution in [0.1, 0.15) is 11.3 Å². The number of thioether (sulfide) groups is 1. The van der Waals surface area contributed by atoms with Crippen LogP contribution in [0.3, 0.4) is 0 Å². The maximum absolute atomic E-state index is 12.4. The Morgan fingerprint density at radius 3 is 2.65 bits per heavy atom. The molecule has 31 heavy (non-hydrogen) atoms. The zero-order valence-electron chi connectivity index (χ0n) is 16.9. The predicted molar refractivity (Wildman–Crippen MR) is 129 cm³/mol. The molecule has 0 spiro atoms. The summed E-state index contributed by atoms with van der Waals surface area (Å²) in [5, 5.41) is 9.83. The molecular weight excluding hydrogens is 426 g/mol. The number of aromatic nitrogens is 1. The third-order valence-electron chi connectivity index (χ3n) is 4.56. The quantitative estimate of drug-likeness (QED) is 0.366. The molecule has 0 atom stereocenters. The first kappa shape index (κ1) is 21.1. The smallest absolute Gasteiger partial charge is 0.234 e. The second-order valence-corrected chi connectivity index (χ2v) is 9.14. The highest BCUT2D eigenvalue weighted by atomic mass is 32.2. The van der Waals surface area contributed by atoms with Crippen molar-refractivity contribution in [2.45, 2.75) is 17.7 Å². The summed E-state index contributed by atoms with van der Waals surface area (Å²) in [7, 11) is 0. The van der Waals surface area contributed by atoms with Crippen molar-refractivity contribution in [2.24, 2.45) is 0 Å². The molecule has 7 heteroatoms. The molecule has 2 amide bonds. The van der Waals surface area contributed by atoms with Crippen LogP contribution in [0.2, 0.25) is 0 Å². The Bertz CT molecular complexity index is 1230. The Labute approximate surface area is 188 Å². The first-order valence-corrected chi connectivity index (χ1v) is 11.6. The van der Waals surface area contributed by atoms with Crippen LogP contribution in [0.25, 0.3) is 10.8 Å². The van der Waals surface area contributed by atoms with Gasteiger partial charge in [-0.2, -0.15) is 0 Å². The number of hydrogen-bond acceptors (Lipinski definition) is 5. The average Bonchev–Trinajstić information content (AvgIpc) is 3.20. The van der Waals surface area contributed by atoms with Crippen LogP contribution in [0.15, 0.2) is 76.4 Å². The van der Waals surface area contributed by atoms with Crippen molar-refractivity contribution in [3.63, 3.8) is 0 Å². The Morgan fingerprint density at radius 2 is 1.77 bits per heavy atom. The molecule has 1 aromatic heterocycles. The van der Waals surface area contributed by atoms with Crippen molar-refractivity contribution in [2.75, 3.05) is 16.4 Å². The standard InChI is InChI=1S/C24H21N3O2S2/c1-16-6-4-9-18(12-16)25-22(28)13-19-14-30-24(26-19)31-15-23(29)27-21-11-5-8-17-7-2-3-10-20(17)21/h2-12,14H,13,15H2,1H3,(H,25,28)(H,27,29). The van der Waals surface area contributed by atoms with Crippen molar-refractivity contribution in [1.29, 1.82) is 0 Å². The molecule has 1 heterocycles. The van der Waals surface area contributed by atoms with E-state index in [-0.39, 0.29) is 24.0 Å². The van der Waals surface area contributed by atoms with Crippen LogP contribution in [0, 0.1) is 6.92 Å². The van der Waals surface area contributed by atoms with E-state index in [1.165, 1.54) is 23.1 Å². The first-order valence-electron chi connectivity index (χ1n) is 9.78. The summed E-state index contributed by atoms with van der Waals surface area (Å²) in [5.74, 6) is 0.0579. The topological polar surface area (TPSA) is 71.1 Å². The summed E-state index contributed by atoms with van der Waals surface area (Å²) in [6.07, 6.45) is 0.202. The van der Waals surface area contributed by atoms with E-state index in [0.29, 0.717) is 5.69 Å². The fourth-order valence-corrected chi connectivity index (χ4v) is 4.82. The molecule has 156 valence electrons. The number of nitrogens with zero attached hydrogens (tertiary/aromatic N) is 1. The molecule has 3 aromatic carbocycles. The highest BCUT2D eigenvalue weighted by Crippen LogP contribution is 2.25. The van der Waals surface area contributed by atoms with Gasteiger partial charge in [-0.1, -0.05) is 60.3 Å². The molecule has 0 aliphatic rings. The van der Waals surface area contributed by atoms with Crippen LogP contribution in [-0.2, 0) is 16.0 Å². The number of carbonyl (C=O) groups excluding carboxylic acids is 2. The van der Waals surface area contributed by atoms with E-state index in [1.54, 1.807) is 0 Å². The maximum atomic E-state index is 12.4. The number of nitrogens with one attached hydrogen (secondary N) is 2. The minimum absolute atomic E-state index is 0.0877. The molecule has 5 nitrogen and oxygen atoms in total. The van der Waals surface area contributed by atoms with E-state index in [0.717, 1.165) is 32.1 Å². The molecule has 2 N–H and O–H groups in total. The minimum atomic E-state index is -0.110. The van der Waals surface area contributed by atoms with Gasteiger partial charge in [-0.25, -0.2) is 4.98 Å². The van der Waals surface area contributed by atoms with Crippen LogP contribution < -0.4 is 10.6 Å². The van der Waals surface area contributed by atoms with Crippen molar-refractivity contribution in [1.82, 2.24) is 4.98 Å². The molecule has 4 rings (SSSR count). The van der Waals surface area contributed by atoms with Gasteiger partial charge in [0.05, 0.1) is 17.9 Å². The zero-order chi connectivity index (χ0) is 21.6. The van der Waals surface area contributed by atoms with Gasteiger partial charge in [0.2, 0.25) is 11.8 Å². The summed E-state index contributed by atoms with van der Waals surface area (Å²) in [5.41, 5.74) is 3.37. The van der Waals surface area contributed by atoms with Gasteiger partial charge in [-0.15, -0.1) is 11.3 Å². The van der Waals surface area contributed by atoms with Gasteiger partial charge in [0, 0.05) is 22.1 Å². The van der Waals surface area contributed by atoms with Gasteiger partial charge >= 0.3 is 0 Å². The number of rotatable bonds is 7. The van der Waals surface area contributed by atoms with Gasteiger partial charge in [0.15, 0.2) is 4.34 Å². The lowest BCUT2D eigenvalue weighted by molar-refractivity contribution is -0.116. The summed E-state index contributed by atoms with van der Waals surface area (Å²) < 4.78 is 0.770. The summed E-state index contributed by atoms with van der Waals surface area (Å²) in [6.45, 7) is 1.98. The van der Waals surface area contributed by atoms with E-state index in [4.69, 9.17) is 0 Å². The van der Waals surface area contributed by atoms with Crippen LogP contribution >= 0.6 is 23.1 Å². The number of anilines is 2. The Hall–Kier alpha value is -3.16. The number of thiazole rings is 1. The minimum Gasteiger partial charge on any atom is -0.326 e. The lowest BCUT2D eigenvalue weighted by Gasteiger charge is -2.08. The van der Waals surface area contributed by atoms with E-state index in [2.05, 4.69) is 15.6 Å². The van der Waals surface area contributed by atoms with Crippen LogP contribution in [-0.4, -0.2) is 22.6 Å². The number of amides is 2. The van der Waals surface area contributed by atoms with Crippen molar-refractivity contribution >= 4 is 57.1 Å². The van der Waals surface area contributed by atoms with Gasteiger partial charge in [-0.05, 0) is 36.1 Å². The fraction of sp³-hybridized carbons (Fsp3) is 0.125. The third-order valence-corrected chi connectivity index (χ3v) is 6.63. The second kappa shape index (κ2) is 9.76. The Balaban J connectivity index is 1.29. The molecule has 0 saturated carbocycles. The highest BCUT2D eigenvalue weighted by Gasteiger charge is 2.11.